The summed E-state index contributed by atoms with van der Waals surface area (Å²) < 4.78 is 26.0. The van der Waals surface area contributed by atoms with Crippen molar-refractivity contribution in [2.24, 2.45) is 22.9 Å². The molecule has 6 rings (SSSR count). The quantitative estimate of drug-likeness (QED) is 0.0260. The average Bonchev–Trinajstić information content (AvgIpc) is 3.36. The second-order valence-electron chi connectivity index (χ2n) is 18.8. The van der Waals surface area contributed by atoms with Crippen LogP contribution in [0.5, 0.6) is 17.2 Å². The Kier molecular flexibility index (Phi) is 21.1. The number of nitrogens with one attached hydrogen (secondary N) is 1. The van der Waals surface area contributed by atoms with Gasteiger partial charge in [-0.2, -0.15) is 0 Å². The molecule has 2 aliphatic carbocycles. The van der Waals surface area contributed by atoms with Crippen molar-refractivity contribution in [2.45, 2.75) is 140 Å². The van der Waals surface area contributed by atoms with Gasteiger partial charge in [0.05, 0.1) is 23.2 Å². The Balaban J connectivity index is 1.37. The molecule has 1 aliphatic heterocycles. The van der Waals surface area contributed by atoms with Crippen molar-refractivity contribution in [3.8, 4) is 17.2 Å². The molecule has 15 heteroatoms. The maximum Gasteiger partial charge on any atom is 0.415 e. The molecule has 0 radical (unpaired) electrons. The zero-order valence-electron chi connectivity index (χ0n) is 41.1. The van der Waals surface area contributed by atoms with Crippen LogP contribution >= 0.6 is 0 Å². The third kappa shape index (κ3) is 14.2. The molecular weight excluding hydrogens is 893 g/mol. The van der Waals surface area contributed by atoms with Gasteiger partial charge in [-0.15, -0.1) is 6.58 Å². The molecule has 1 fully saturated rings. The highest BCUT2D eigenvalue weighted by molar-refractivity contribution is 6.03. The summed E-state index contributed by atoms with van der Waals surface area (Å²) in [6.07, 6.45) is 18.8. The van der Waals surface area contributed by atoms with E-state index in [2.05, 4.69) is 24.9 Å². The predicted molar refractivity (Wildman–Crippen MR) is 269 cm³/mol. The van der Waals surface area contributed by atoms with Gasteiger partial charge in [-0.05, 0) is 85.4 Å². The van der Waals surface area contributed by atoms with E-state index in [0.717, 1.165) is 61.6 Å². The van der Waals surface area contributed by atoms with E-state index in [0.29, 0.717) is 36.6 Å². The lowest BCUT2D eigenvalue weighted by Gasteiger charge is -2.59. The first-order chi connectivity index (χ1) is 34.1. The number of carbonyl (C=O) groups excluding carboxylic acids is 2. The number of hydrogen-bond donors (Lipinski definition) is 3. The number of non-ortho nitro benzene ring substituents is 1. The topological polar surface area (TPSA) is 192 Å². The van der Waals surface area contributed by atoms with E-state index in [4.69, 9.17) is 28.9 Å². The summed E-state index contributed by atoms with van der Waals surface area (Å²) >= 11 is 0. The van der Waals surface area contributed by atoms with Gasteiger partial charge in [0.2, 0.25) is 5.79 Å². The lowest BCUT2D eigenvalue weighted by atomic mass is 9.55. The Labute approximate surface area is 413 Å². The number of nitro groups is 1. The van der Waals surface area contributed by atoms with Crippen molar-refractivity contribution < 1.29 is 48.5 Å². The highest BCUT2D eigenvalue weighted by atomic mass is 16.7. The van der Waals surface area contributed by atoms with Crippen molar-refractivity contribution in [2.75, 3.05) is 33.4 Å². The molecule has 0 aromatic heterocycles. The fourth-order valence-electron chi connectivity index (χ4n) is 10.4. The number of allylic oxidation sites excluding steroid dienone is 1. The maximum atomic E-state index is 14.4. The van der Waals surface area contributed by atoms with Crippen molar-refractivity contribution in [1.29, 1.82) is 0 Å². The molecule has 1 heterocycles. The Morgan fingerprint density at radius 2 is 1.56 bits per heavy atom. The Morgan fingerprint density at radius 3 is 2.23 bits per heavy atom. The Hall–Kier alpha value is -5.77. The fourth-order valence-corrected chi connectivity index (χ4v) is 10.4. The summed E-state index contributed by atoms with van der Waals surface area (Å²) in [6, 6.07) is 19.5. The van der Waals surface area contributed by atoms with Crippen LogP contribution in [0.25, 0.3) is 0 Å². The number of amides is 2. The molecule has 15 nitrogen and oxygen atoms in total. The number of aliphatic hydroxyl groups excluding tert-OH is 2. The molecule has 0 spiro atoms. The first kappa shape index (κ1) is 53.6. The van der Waals surface area contributed by atoms with Gasteiger partial charge < -0.3 is 44.2 Å². The zero-order valence-corrected chi connectivity index (χ0v) is 41.1. The molecule has 6 atom stereocenters. The third-order valence-electron chi connectivity index (χ3n) is 13.9. The summed E-state index contributed by atoms with van der Waals surface area (Å²) in [5, 5.41) is 39.1. The number of unbranched alkanes of at least 4 members (excludes halogenated alkanes) is 11. The minimum Gasteiger partial charge on any atom is -0.459 e. The second kappa shape index (κ2) is 27.6. The number of oxime groups is 1. The second-order valence-corrected chi connectivity index (χ2v) is 18.8. The van der Waals surface area contributed by atoms with E-state index in [1.165, 1.54) is 74.1 Å². The molecule has 3 aromatic carbocycles. The number of rotatable bonds is 29. The molecule has 0 bridgehead atoms. The highest BCUT2D eigenvalue weighted by Gasteiger charge is 2.65. The van der Waals surface area contributed by atoms with Crippen LogP contribution in [-0.2, 0) is 16.2 Å². The number of aliphatic hydroxyl groups is 2. The lowest BCUT2D eigenvalue weighted by molar-refractivity contribution is -0.384. The van der Waals surface area contributed by atoms with Crippen molar-refractivity contribution >= 4 is 23.6 Å². The minimum absolute atomic E-state index is 0.0146. The summed E-state index contributed by atoms with van der Waals surface area (Å²) in [6.45, 7) is 7.06. The molecule has 70 heavy (non-hydrogen) atoms. The first-order valence-corrected chi connectivity index (χ1v) is 25.5. The largest absolute Gasteiger partial charge is 0.459 e. The van der Waals surface area contributed by atoms with E-state index in [1.54, 1.807) is 25.3 Å². The Morgan fingerprint density at radius 1 is 0.886 bits per heavy atom. The molecule has 3 aliphatic rings. The lowest BCUT2D eigenvalue weighted by Crippen LogP contribution is -2.69. The van der Waals surface area contributed by atoms with Crippen molar-refractivity contribution in [3.05, 3.63) is 118 Å². The molecule has 3 N–H and O–H groups in total. The van der Waals surface area contributed by atoms with E-state index in [-0.39, 0.29) is 62.0 Å². The number of benzene rings is 3. The SMILES string of the molecule is C=CCOC12Oc3ccc(OC(=O)NCCCCCCCCCCCC)cc3C3C(CCCCO)C(CCCCO)C=C(C(=NOCc4ccccc4)CC1N(C)C(=O)Oc1ccc([N+](=O)[O-])cc1)C32. The van der Waals surface area contributed by atoms with Gasteiger partial charge in [0.15, 0.2) is 0 Å². The first-order valence-electron chi connectivity index (χ1n) is 25.5. The Bertz CT molecular complexity index is 2200. The average molecular weight is 967 g/mol. The monoisotopic (exact) mass is 967 g/mol. The molecule has 6 unspecified atom stereocenters. The van der Waals surface area contributed by atoms with Gasteiger partial charge in [-0.25, -0.2) is 9.59 Å². The maximum absolute atomic E-state index is 14.4. The number of fused-ring (bicyclic) bond motifs is 2. The number of nitrogens with zero attached hydrogens (tertiary/aromatic N) is 3. The van der Waals surface area contributed by atoms with Gasteiger partial charge in [0, 0.05) is 56.8 Å². The van der Waals surface area contributed by atoms with Crippen LogP contribution < -0.4 is 19.5 Å². The van der Waals surface area contributed by atoms with Crippen molar-refractivity contribution in [3.63, 3.8) is 0 Å². The van der Waals surface area contributed by atoms with Crippen LogP contribution in [0.15, 0.2) is 102 Å². The van der Waals surface area contributed by atoms with Crippen LogP contribution in [-0.4, -0.2) is 83.2 Å². The molecular formula is C55H74N4O11. The standard InChI is InChI=1S/C55H74N4O11/c1-4-6-7-8-9-10-11-12-13-19-32-56-53(62)68-44-30-31-49-47(37-44)51-45(25-18-21-34-61)41(24-17-20-33-60)36-46-48(57-67-39-40-22-15-14-16-23-40)38-50(55(70-49,52(46)51)66-35-5-2)58(3)54(63)69-43-28-26-42(27-29-43)59(64)65/h5,14-16,22-23,26-31,36-37,41,45,50-52,60-61H,2,4,6-13,17-21,24-25,32-35,38-39H2,1,3H3,(H,56,62). The molecule has 1 saturated carbocycles. The summed E-state index contributed by atoms with van der Waals surface area (Å²) in [4.78, 5) is 46.1. The molecule has 2 amide bonds. The van der Waals surface area contributed by atoms with Crippen LogP contribution in [0.4, 0.5) is 15.3 Å². The smallest absolute Gasteiger partial charge is 0.415 e. The summed E-state index contributed by atoms with van der Waals surface area (Å²) in [7, 11) is 1.60. The molecule has 0 saturated heterocycles. The van der Waals surface area contributed by atoms with E-state index >= 15 is 0 Å². The van der Waals surface area contributed by atoms with Crippen LogP contribution in [0.1, 0.15) is 133 Å². The summed E-state index contributed by atoms with van der Waals surface area (Å²) in [5.41, 5.74) is 3.01. The highest BCUT2D eigenvalue weighted by Crippen LogP contribution is 2.62. The number of carbonyl (C=O) groups is 2. The van der Waals surface area contributed by atoms with Gasteiger partial charge in [-0.3, -0.25) is 10.1 Å². The van der Waals surface area contributed by atoms with E-state index < -0.39 is 34.9 Å². The fraction of sp³-hybridized carbons (Fsp3) is 0.545. The van der Waals surface area contributed by atoms with Crippen LogP contribution in [0.2, 0.25) is 0 Å². The summed E-state index contributed by atoms with van der Waals surface area (Å²) in [5.74, 6) is -1.64. The van der Waals surface area contributed by atoms with Crippen LogP contribution in [0, 0.1) is 27.9 Å². The molecule has 3 aromatic rings. The van der Waals surface area contributed by atoms with Gasteiger partial charge in [0.25, 0.3) is 5.69 Å². The number of nitro benzene ring substituents is 1. The predicted octanol–water partition coefficient (Wildman–Crippen LogP) is 11.6. The zero-order chi connectivity index (χ0) is 49.7. The minimum atomic E-state index is -1.56. The number of ether oxygens (including phenoxy) is 4. The van der Waals surface area contributed by atoms with Crippen molar-refractivity contribution in [1.82, 2.24) is 10.2 Å². The number of likely N-dealkylation sites (N-methyl/N-ethyl adjacent to an activating group) is 1. The van der Waals surface area contributed by atoms with Gasteiger partial charge >= 0.3 is 12.2 Å². The van der Waals surface area contributed by atoms with E-state index in [1.807, 2.05) is 36.4 Å². The molecule has 380 valence electrons. The van der Waals surface area contributed by atoms with Gasteiger partial charge in [0.1, 0.15) is 29.9 Å². The number of hydrogen-bond acceptors (Lipinski definition) is 12. The third-order valence-corrected chi connectivity index (χ3v) is 13.9. The van der Waals surface area contributed by atoms with E-state index in [9.17, 15) is 29.9 Å². The van der Waals surface area contributed by atoms with Gasteiger partial charge in [-0.1, -0.05) is 125 Å². The normalized spacial score (nSPS) is 21.6. The van der Waals surface area contributed by atoms with Crippen LogP contribution in [0.3, 0.4) is 0 Å².